The predicted molar refractivity (Wildman–Crippen MR) is 196 cm³/mol. The van der Waals surface area contributed by atoms with Gasteiger partial charge in [0.25, 0.3) is 0 Å². The van der Waals surface area contributed by atoms with Gasteiger partial charge in [0.1, 0.15) is 0 Å². The average molecular weight is 650 g/mol. The average Bonchev–Trinajstić information content (AvgIpc) is 3.05. The van der Waals surface area contributed by atoms with Crippen molar-refractivity contribution in [2.24, 2.45) is 9.98 Å². The maximum atomic E-state index is 11.2. The van der Waals surface area contributed by atoms with Crippen LogP contribution in [0.1, 0.15) is 74.8 Å². The Morgan fingerprint density at radius 2 is 1.04 bits per heavy atom. The molecule has 6 N–H and O–H groups in total. The number of nitrogens with two attached hydrogens (primary N) is 1. The van der Waals surface area contributed by atoms with E-state index < -0.39 is 11.9 Å². The molecule has 0 saturated heterocycles. The van der Waals surface area contributed by atoms with E-state index in [1.165, 1.54) is 22.3 Å². The summed E-state index contributed by atoms with van der Waals surface area (Å²) >= 11 is 0. The van der Waals surface area contributed by atoms with Gasteiger partial charge in [0.15, 0.2) is 11.6 Å². The molecule has 3 rings (SSSR count). The van der Waals surface area contributed by atoms with Gasteiger partial charge < -0.3 is 26.2 Å². The third-order valence-electron chi connectivity index (χ3n) is 6.75. The number of nitrogen functional groups attached to an aromatic ring is 1. The van der Waals surface area contributed by atoms with E-state index in [2.05, 4.69) is 60.2 Å². The Hall–Kier alpha value is -4.92. The Labute approximate surface area is 281 Å². The highest BCUT2D eigenvalue weighted by Gasteiger charge is 2.10. The molecule has 0 fully saturated rings. The van der Waals surface area contributed by atoms with Crippen molar-refractivity contribution in [2.75, 3.05) is 19.8 Å². The molecule has 0 aliphatic carbocycles. The SMILES string of the molecule is C.CCC(=NC)C(CCc1ccccc1)=NC.CCC(=O)C(=O)CCc1ccccc1.Cc1cc(C)c(N)c(C)c1.OC(O)=C(O)O. The van der Waals surface area contributed by atoms with Crippen molar-refractivity contribution in [2.45, 2.75) is 80.6 Å². The number of hydrogen-bond acceptors (Lipinski definition) is 9. The van der Waals surface area contributed by atoms with E-state index in [4.69, 9.17) is 26.2 Å². The van der Waals surface area contributed by atoms with Crippen molar-refractivity contribution in [3.8, 4) is 0 Å². The van der Waals surface area contributed by atoms with Crippen LogP contribution in [0.2, 0.25) is 0 Å². The molecule has 0 aromatic heterocycles. The number of carbonyl (C=O) groups is 2. The first-order chi connectivity index (χ1) is 21.8. The van der Waals surface area contributed by atoms with Gasteiger partial charge in [-0.1, -0.05) is 99.6 Å². The fourth-order valence-corrected chi connectivity index (χ4v) is 4.21. The van der Waals surface area contributed by atoms with E-state index in [-0.39, 0.29) is 19.0 Å². The number of ketones is 2. The first kappa shape index (κ1) is 44.2. The van der Waals surface area contributed by atoms with Gasteiger partial charge in [0.05, 0.1) is 11.4 Å². The third kappa shape index (κ3) is 19.3. The normalized spacial score (nSPS) is 10.4. The van der Waals surface area contributed by atoms with E-state index in [1.807, 2.05) is 64.3 Å². The molecule has 9 nitrogen and oxygen atoms in total. The van der Waals surface area contributed by atoms with E-state index >= 15 is 0 Å². The second-order valence-electron chi connectivity index (χ2n) is 10.3. The molecule has 0 aliphatic rings. The Morgan fingerprint density at radius 1 is 0.638 bits per heavy atom. The fraction of sp³-hybridized carbons (Fsp3) is 0.368. The molecule has 258 valence electrons. The molecule has 0 spiro atoms. The Kier molecular flexibility index (Phi) is 23.8. The summed E-state index contributed by atoms with van der Waals surface area (Å²) < 4.78 is 0. The standard InChI is InChI=1S/C14H20N2.C12H14O2.C9H13N.C2H4O4.CH4/c1-4-13(15-2)14(16-3)11-10-12-8-6-5-7-9-12;1-2-11(13)12(14)9-8-10-6-4-3-5-7-10;1-6-4-7(2)9(10)8(3)5-6;3-1(4)2(5)6;/h5-9H,4,10-11H2,1-3H3;3-7H,2,8-9H2,1H3;4-5H,10H2,1-3H3;3-6H;1H4. The molecule has 0 aliphatic heterocycles. The highest BCUT2D eigenvalue weighted by Crippen LogP contribution is 2.17. The van der Waals surface area contributed by atoms with Gasteiger partial charge in [0.2, 0.25) is 0 Å². The van der Waals surface area contributed by atoms with Gasteiger partial charge in [-0.2, -0.15) is 0 Å². The lowest BCUT2D eigenvalue weighted by atomic mass is 10.0. The molecule has 9 heteroatoms. The molecule has 3 aromatic rings. The summed E-state index contributed by atoms with van der Waals surface area (Å²) in [7, 11) is 3.69. The van der Waals surface area contributed by atoms with Crippen molar-refractivity contribution in [3.05, 3.63) is 113 Å². The van der Waals surface area contributed by atoms with Crippen molar-refractivity contribution in [1.82, 2.24) is 0 Å². The van der Waals surface area contributed by atoms with Gasteiger partial charge in [-0.15, -0.1) is 0 Å². The molecule has 0 bridgehead atoms. The van der Waals surface area contributed by atoms with E-state index in [9.17, 15) is 9.59 Å². The molecule has 0 amide bonds. The quantitative estimate of drug-likeness (QED) is 0.0635. The maximum Gasteiger partial charge on any atom is 0.358 e. The first-order valence-corrected chi connectivity index (χ1v) is 15.2. The lowest BCUT2D eigenvalue weighted by Gasteiger charge is -2.07. The number of aliphatic hydroxyl groups excluding tert-OH is 2. The van der Waals surface area contributed by atoms with Crippen LogP contribution in [0.5, 0.6) is 0 Å². The highest BCUT2D eigenvalue weighted by molar-refractivity contribution is 6.42. The van der Waals surface area contributed by atoms with Gasteiger partial charge in [-0.05, 0) is 68.7 Å². The number of aliphatic hydroxyl groups is 4. The lowest BCUT2D eigenvalue weighted by molar-refractivity contribution is -0.136. The number of carbonyl (C=O) groups excluding carboxylic acids is 2. The third-order valence-corrected chi connectivity index (χ3v) is 6.75. The number of rotatable bonds is 10. The minimum Gasteiger partial charge on any atom is -0.476 e. The Bertz CT molecular complexity index is 1390. The monoisotopic (exact) mass is 649 g/mol. The summed E-state index contributed by atoms with van der Waals surface area (Å²) in [6, 6.07) is 24.4. The fourth-order valence-electron chi connectivity index (χ4n) is 4.21. The molecule has 0 heterocycles. The second-order valence-corrected chi connectivity index (χ2v) is 10.3. The molecule has 0 unspecified atom stereocenters. The highest BCUT2D eigenvalue weighted by atomic mass is 16.5. The molecule has 47 heavy (non-hydrogen) atoms. The molecule has 0 saturated carbocycles. The van der Waals surface area contributed by atoms with Crippen molar-refractivity contribution < 1.29 is 30.0 Å². The minimum absolute atomic E-state index is 0. The lowest BCUT2D eigenvalue weighted by Crippen LogP contribution is -2.14. The zero-order valence-electron chi connectivity index (χ0n) is 28.2. The topological polar surface area (TPSA) is 166 Å². The van der Waals surface area contributed by atoms with Gasteiger partial charge in [-0.25, -0.2) is 0 Å². The van der Waals surface area contributed by atoms with Gasteiger partial charge >= 0.3 is 11.9 Å². The summed E-state index contributed by atoms with van der Waals surface area (Å²) in [4.78, 5) is 30.8. The van der Waals surface area contributed by atoms with E-state index in [0.717, 1.165) is 41.9 Å². The number of nitrogens with zero attached hydrogens (tertiary/aromatic N) is 2. The molecule has 0 atom stereocenters. The number of aryl methyl sites for hydroxylation is 5. The van der Waals surface area contributed by atoms with Crippen LogP contribution < -0.4 is 5.73 Å². The number of Topliss-reactive ketones (excluding diaryl/α,β-unsaturated/α-hetero) is 2. The minimum atomic E-state index is -1.46. The Balaban J connectivity index is 0. The van der Waals surface area contributed by atoms with Gasteiger partial charge in [0, 0.05) is 32.6 Å². The van der Waals surface area contributed by atoms with E-state index in [1.54, 1.807) is 6.92 Å². The first-order valence-electron chi connectivity index (χ1n) is 15.2. The van der Waals surface area contributed by atoms with Crippen LogP contribution in [-0.4, -0.2) is 57.5 Å². The van der Waals surface area contributed by atoms with Crippen molar-refractivity contribution in [1.29, 1.82) is 0 Å². The van der Waals surface area contributed by atoms with Crippen molar-refractivity contribution in [3.63, 3.8) is 0 Å². The number of hydrogen-bond donors (Lipinski definition) is 5. The second kappa shape index (κ2) is 25.3. The molecule has 3 aromatic carbocycles. The number of benzene rings is 3. The van der Waals surface area contributed by atoms with E-state index in [0.29, 0.717) is 19.3 Å². The zero-order valence-corrected chi connectivity index (χ0v) is 28.2. The van der Waals surface area contributed by atoms with Crippen LogP contribution >= 0.6 is 0 Å². The largest absolute Gasteiger partial charge is 0.476 e. The number of anilines is 1. The van der Waals surface area contributed by atoms with Crippen LogP contribution in [0.4, 0.5) is 5.69 Å². The zero-order chi connectivity index (χ0) is 35.1. The summed E-state index contributed by atoms with van der Waals surface area (Å²) in [5.74, 6) is -3.44. The molecular formula is C38H55N3O6. The number of aliphatic imine (C=N–C) groups is 2. The van der Waals surface area contributed by atoms with Crippen LogP contribution in [0.3, 0.4) is 0 Å². The van der Waals surface area contributed by atoms with Crippen molar-refractivity contribution >= 4 is 28.7 Å². The van der Waals surface area contributed by atoms with Crippen LogP contribution in [0.25, 0.3) is 0 Å². The smallest absolute Gasteiger partial charge is 0.358 e. The predicted octanol–water partition coefficient (Wildman–Crippen LogP) is 8.51. The summed E-state index contributed by atoms with van der Waals surface area (Å²) in [5.41, 5.74) is 15.0. The summed E-state index contributed by atoms with van der Waals surface area (Å²) in [6.07, 6.45) is 4.27. The van der Waals surface area contributed by atoms with Crippen LogP contribution in [-0.2, 0) is 22.4 Å². The summed E-state index contributed by atoms with van der Waals surface area (Å²) in [6.45, 7) is 9.99. The molecular weight excluding hydrogens is 594 g/mol. The van der Waals surface area contributed by atoms with Gasteiger partial charge in [-0.3, -0.25) is 19.6 Å². The van der Waals surface area contributed by atoms with Crippen LogP contribution in [0, 0.1) is 20.8 Å². The van der Waals surface area contributed by atoms with Crippen LogP contribution in [0.15, 0.2) is 94.7 Å². The Morgan fingerprint density at radius 3 is 1.38 bits per heavy atom. The summed E-state index contributed by atoms with van der Waals surface area (Å²) in [5, 5.41) is 30.3. The maximum absolute atomic E-state index is 11.2. The molecule has 0 radical (unpaired) electrons.